The molecule has 0 N–H and O–H groups in total. The van der Waals surface area contributed by atoms with Crippen LogP contribution in [0.4, 0.5) is 4.79 Å². The topological polar surface area (TPSA) is 71.7 Å². The first-order valence-corrected chi connectivity index (χ1v) is 6.23. The van der Waals surface area contributed by atoms with Gasteiger partial charge in [-0.1, -0.05) is 12.1 Å². The van der Waals surface area contributed by atoms with Crippen molar-refractivity contribution in [3.8, 4) is 0 Å². The Morgan fingerprint density at radius 3 is 3.11 bits per heavy atom. The Morgan fingerprint density at radius 2 is 2.33 bits per heavy atom. The molecule has 3 heterocycles. The molecule has 1 amide bonds. The van der Waals surface area contributed by atoms with E-state index in [-0.39, 0.29) is 12.1 Å². The molecule has 18 heavy (non-hydrogen) atoms. The number of nitrogens with zero attached hydrogens (tertiary/aromatic N) is 4. The summed E-state index contributed by atoms with van der Waals surface area (Å²) in [5, 5.41) is 3.94. The lowest BCUT2D eigenvalue weighted by molar-refractivity contribution is 0.113. The number of fused-ring (bicyclic) bond motifs is 1. The second-order valence-electron chi connectivity index (χ2n) is 4.62. The number of amides is 1. The van der Waals surface area contributed by atoms with Gasteiger partial charge < -0.3 is 9.26 Å². The first kappa shape index (κ1) is 11.5. The summed E-state index contributed by atoms with van der Waals surface area (Å²) in [5.74, 6) is 1.38. The number of cyclic esters (lactones) is 1. The van der Waals surface area contributed by atoms with E-state index < -0.39 is 0 Å². The summed E-state index contributed by atoms with van der Waals surface area (Å²) in [4.78, 5) is 19.7. The highest BCUT2D eigenvalue weighted by Crippen LogP contribution is 2.18. The molecule has 1 aromatic rings. The molecule has 7 heteroatoms. The van der Waals surface area contributed by atoms with Crippen LogP contribution in [0.1, 0.15) is 18.6 Å². The van der Waals surface area contributed by atoms with E-state index in [1.54, 1.807) is 4.90 Å². The Bertz CT molecular complexity index is 447. The molecule has 1 unspecified atom stereocenters. The SMILES string of the molecule is CCc1nc(CN2CCN3C(=O)OCC3C2)no1. The zero-order chi connectivity index (χ0) is 12.5. The first-order valence-electron chi connectivity index (χ1n) is 6.23. The van der Waals surface area contributed by atoms with E-state index in [1.165, 1.54) is 0 Å². The van der Waals surface area contributed by atoms with Gasteiger partial charge in [0.15, 0.2) is 5.82 Å². The number of carbonyl (C=O) groups excluding carboxylic acids is 1. The van der Waals surface area contributed by atoms with Crippen molar-refractivity contribution in [3.63, 3.8) is 0 Å². The molecule has 0 saturated carbocycles. The Kier molecular flexibility index (Phi) is 2.91. The smallest absolute Gasteiger partial charge is 0.410 e. The van der Waals surface area contributed by atoms with Gasteiger partial charge in [-0.05, 0) is 0 Å². The zero-order valence-electron chi connectivity index (χ0n) is 10.3. The van der Waals surface area contributed by atoms with E-state index in [1.807, 2.05) is 6.92 Å². The van der Waals surface area contributed by atoms with Crippen molar-refractivity contribution < 1.29 is 14.1 Å². The normalized spacial score (nSPS) is 24.2. The minimum absolute atomic E-state index is 0.170. The molecule has 1 aromatic heterocycles. The molecule has 0 aliphatic carbocycles. The van der Waals surface area contributed by atoms with Crippen molar-refractivity contribution in [1.29, 1.82) is 0 Å². The number of carbonyl (C=O) groups is 1. The highest BCUT2D eigenvalue weighted by Gasteiger charge is 2.37. The van der Waals surface area contributed by atoms with Crippen molar-refractivity contribution in [2.24, 2.45) is 0 Å². The van der Waals surface area contributed by atoms with E-state index in [0.29, 0.717) is 31.4 Å². The van der Waals surface area contributed by atoms with Gasteiger partial charge >= 0.3 is 6.09 Å². The molecule has 1 atom stereocenters. The molecular formula is C11H16N4O3. The average molecular weight is 252 g/mol. The van der Waals surface area contributed by atoms with Crippen LogP contribution in [0.2, 0.25) is 0 Å². The summed E-state index contributed by atoms with van der Waals surface area (Å²) in [6.07, 6.45) is 0.568. The summed E-state index contributed by atoms with van der Waals surface area (Å²) < 4.78 is 10.1. The predicted molar refractivity (Wildman–Crippen MR) is 60.8 cm³/mol. The number of aryl methyl sites for hydroxylation is 1. The Morgan fingerprint density at radius 1 is 1.44 bits per heavy atom. The monoisotopic (exact) mass is 252 g/mol. The molecule has 0 radical (unpaired) electrons. The van der Waals surface area contributed by atoms with Crippen LogP contribution in [0.3, 0.4) is 0 Å². The van der Waals surface area contributed by atoms with E-state index in [2.05, 4.69) is 15.0 Å². The quantitative estimate of drug-likeness (QED) is 0.769. The van der Waals surface area contributed by atoms with Crippen LogP contribution >= 0.6 is 0 Å². The van der Waals surface area contributed by atoms with E-state index in [9.17, 15) is 4.79 Å². The lowest BCUT2D eigenvalue weighted by atomic mass is 10.2. The van der Waals surface area contributed by atoms with Gasteiger partial charge in [-0.3, -0.25) is 9.80 Å². The van der Waals surface area contributed by atoms with Gasteiger partial charge in [-0.2, -0.15) is 4.98 Å². The van der Waals surface area contributed by atoms with Crippen molar-refractivity contribution in [2.75, 3.05) is 26.2 Å². The molecule has 2 aliphatic heterocycles. The molecule has 98 valence electrons. The Balaban J connectivity index is 1.60. The Hall–Kier alpha value is -1.63. The number of rotatable bonds is 3. The lowest BCUT2D eigenvalue weighted by Gasteiger charge is -2.34. The van der Waals surface area contributed by atoms with Crippen molar-refractivity contribution in [1.82, 2.24) is 19.9 Å². The van der Waals surface area contributed by atoms with Gasteiger partial charge in [0.1, 0.15) is 6.61 Å². The van der Waals surface area contributed by atoms with Gasteiger partial charge in [-0.15, -0.1) is 0 Å². The van der Waals surface area contributed by atoms with E-state index >= 15 is 0 Å². The van der Waals surface area contributed by atoms with Crippen LogP contribution in [-0.4, -0.2) is 58.3 Å². The fourth-order valence-corrected chi connectivity index (χ4v) is 2.39. The third-order valence-electron chi connectivity index (χ3n) is 3.38. The highest BCUT2D eigenvalue weighted by atomic mass is 16.6. The van der Waals surface area contributed by atoms with Gasteiger partial charge in [0.05, 0.1) is 12.6 Å². The summed E-state index contributed by atoms with van der Waals surface area (Å²) in [6.45, 7) is 5.48. The molecular weight excluding hydrogens is 236 g/mol. The predicted octanol–water partition coefficient (Wildman–Crippen LogP) is 0.268. The third kappa shape index (κ3) is 2.05. The molecule has 3 rings (SSSR count). The van der Waals surface area contributed by atoms with Crippen LogP contribution in [0.15, 0.2) is 4.52 Å². The molecule has 0 aromatic carbocycles. The lowest BCUT2D eigenvalue weighted by Crippen LogP contribution is -2.51. The number of piperazine rings is 1. The molecule has 0 bridgehead atoms. The maximum atomic E-state index is 11.4. The summed E-state index contributed by atoms with van der Waals surface area (Å²) in [7, 11) is 0. The third-order valence-corrected chi connectivity index (χ3v) is 3.38. The zero-order valence-corrected chi connectivity index (χ0v) is 10.3. The minimum atomic E-state index is -0.188. The minimum Gasteiger partial charge on any atom is -0.447 e. The maximum Gasteiger partial charge on any atom is 0.410 e. The Labute approximate surface area is 105 Å². The van der Waals surface area contributed by atoms with Gasteiger partial charge in [0, 0.05) is 26.1 Å². The molecule has 0 spiro atoms. The largest absolute Gasteiger partial charge is 0.447 e. The van der Waals surface area contributed by atoms with Gasteiger partial charge in [-0.25, -0.2) is 4.79 Å². The van der Waals surface area contributed by atoms with Crippen molar-refractivity contribution in [2.45, 2.75) is 25.9 Å². The highest BCUT2D eigenvalue weighted by molar-refractivity contribution is 5.70. The molecule has 2 fully saturated rings. The van der Waals surface area contributed by atoms with Gasteiger partial charge in [0.2, 0.25) is 5.89 Å². The first-order chi connectivity index (χ1) is 8.76. The molecule has 2 aliphatic rings. The standard InChI is InChI=1S/C11H16N4O3/c1-2-10-12-9(13-18-10)6-14-3-4-15-8(5-14)7-17-11(15)16/h8H,2-7H2,1H3. The van der Waals surface area contributed by atoms with E-state index in [0.717, 1.165) is 19.5 Å². The van der Waals surface area contributed by atoms with Crippen LogP contribution in [0.5, 0.6) is 0 Å². The van der Waals surface area contributed by atoms with Gasteiger partial charge in [0.25, 0.3) is 0 Å². The molecule has 7 nitrogen and oxygen atoms in total. The number of ether oxygens (including phenoxy) is 1. The number of hydrogen-bond donors (Lipinski definition) is 0. The van der Waals surface area contributed by atoms with Crippen molar-refractivity contribution in [3.05, 3.63) is 11.7 Å². The molecule has 2 saturated heterocycles. The summed E-state index contributed by atoms with van der Waals surface area (Å²) in [5.41, 5.74) is 0. The average Bonchev–Trinajstić information content (AvgIpc) is 2.97. The number of hydrogen-bond acceptors (Lipinski definition) is 6. The maximum absolute atomic E-state index is 11.4. The summed E-state index contributed by atoms with van der Waals surface area (Å²) >= 11 is 0. The van der Waals surface area contributed by atoms with Crippen LogP contribution in [0.25, 0.3) is 0 Å². The fraction of sp³-hybridized carbons (Fsp3) is 0.727. The van der Waals surface area contributed by atoms with E-state index in [4.69, 9.17) is 9.26 Å². The van der Waals surface area contributed by atoms with Crippen LogP contribution < -0.4 is 0 Å². The summed E-state index contributed by atoms with van der Waals surface area (Å²) in [6, 6.07) is 0.170. The van der Waals surface area contributed by atoms with Crippen LogP contribution in [-0.2, 0) is 17.7 Å². The second-order valence-corrected chi connectivity index (χ2v) is 4.62. The number of aromatic nitrogens is 2. The van der Waals surface area contributed by atoms with Crippen molar-refractivity contribution >= 4 is 6.09 Å². The fourth-order valence-electron chi connectivity index (χ4n) is 2.39. The second kappa shape index (κ2) is 4.56. The van der Waals surface area contributed by atoms with Crippen LogP contribution in [0, 0.1) is 0 Å².